The summed E-state index contributed by atoms with van der Waals surface area (Å²) < 4.78 is 0. The Labute approximate surface area is 191 Å². The zero-order valence-corrected chi connectivity index (χ0v) is 20.5. The molecule has 3 nitrogen and oxygen atoms in total. The van der Waals surface area contributed by atoms with E-state index in [4.69, 9.17) is 5.73 Å². The van der Waals surface area contributed by atoms with Crippen LogP contribution in [0.15, 0.2) is 0 Å². The van der Waals surface area contributed by atoms with Crippen LogP contribution >= 0.6 is 24.8 Å². The first-order valence-electron chi connectivity index (χ1n) is 12.0. The lowest BCUT2D eigenvalue weighted by molar-refractivity contribution is -0.127. The van der Waals surface area contributed by atoms with E-state index in [1.54, 1.807) is 0 Å². The second-order valence-electron chi connectivity index (χ2n) is 11.2. The van der Waals surface area contributed by atoms with E-state index < -0.39 is 0 Å². The number of halogens is 2. The molecule has 29 heavy (non-hydrogen) atoms. The van der Waals surface area contributed by atoms with Gasteiger partial charge in [-0.25, -0.2) is 0 Å². The van der Waals surface area contributed by atoms with Crippen LogP contribution in [0.3, 0.4) is 0 Å². The third-order valence-electron chi connectivity index (χ3n) is 10.2. The van der Waals surface area contributed by atoms with Gasteiger partial charge in [-0.05, 0) is 125 Å². The van der Waals surface area contributed by atoms with Crippen molar-refractivity contribution in [1.82, 2.24) is 5.32 Å². The molecule has 0 aromatic carbocycles. The van der Waals surface area contributed by atoms with Crippen LogP contribution in [-0.2, 0) is 0 Å². The van der Waals surface area contributed by atoms with Crippen LogP contribution in [0.1, 0.15) is 85.0 Å². The number of aliphatic hydroxyl groups is 1. The van der Waals surface area contributed by atoms with Crippen LogP contribution in [0.4, 0.5) is 0 Å². The van der Waals surface area contributed by atoms with Crippen LogP contribution in [0.2, 0.25) is 0 Å². The number of hydrogen-bond donors (Lipinski definition) is 3. The van der Waals surface area contributed by atoms with Crippen LogP contribution in [0.25, 0.3) is 0 Å². The standard InChI is InChI=1S/C24H44N2O.2ClH/c1-16(26-14-4-13-25)20-7-8-21-19-6-5-17-15-18(27)9-11-23(17,2)22(19)10-12-24(20,21)3;;/h16-22,26-27H,4-15,25H2,1-3H3;2*1H/t16?,17-,18-,19-,20+,21-,22-,23-,24+;;/m0../s1. The molecule has 0 amide bonds. The number of hydrogen-bond acceptors (Lipinski definition) is 3. The van der Waals surface area contributed by atoms with Gasteiger partial charge in [0, 0.05) is 6.04 Å². The Morgan fingerprint density at radius 3 is 2.38 bits per heavy atom. The predicted molar refractivity (Wildman–Crippen MR) is 127 cm³/mol. The maximum Gasteiger partial charge on any atom is 0.0543 e. The maximum absolute atomic E-state index is 10.2. The van der Waals surface area contributed by atoms with Gasteiger partial charge in [0.05, 0.1) is 6.10 Å². The molecule has 4 saturated carbocycles. The third kappa shape index (κ3) is 4.38. The summed E-state index contributed by atoms with van der Waals surface area (Å²) in [5.41, 5.74) is 6.73. The van der Waals surface area contributed by atoms with E-state index in [0.717, 1.165) is 61.9 Å². The SMILES string of the molecule is CC(NCCCN)[C@H]1CC[C@H]2[C@@H]3CC[C@H]4C[C@@H](O)CC[C@]4(C)[C@H]3CC[C@]12C.Cl.Cl. The van der Waals surface area contributed by atoms with Gasteiger partial charge in [0.25, 0.3) is 0 Å². The van der Waals surface area contributed by atoms with Crippen molar-refractivity contribution in [3.63, 3.8) is 0 Å². The monoisotopic (exact) mass is 448 g/mol. The third-order valence-corrected chi connectivity index (χ3v) is 10.2. The van der Waals surface area contributed by atoms with Gasteiger partial charge >= 0.3 is 0 Å². The molecule has 0 bridgehead atoms. The lowest BCUT2D eigenvalue weighted by atomic mass is 9.44. The van der Waals surface area contributed by atoms with Crippen molar-refractivity contribution >= 4 is 24.8 Å². The number of nitrogens with one attached hydrogen (secondary N) is 1. The summed E-state index contributed by atoms with van der Waals surface area (Å²) in [7, 11) is 0. The molecule has 4 aliphatic carbocycles. The fraction of sp³-hybridized carbons (Fsp3) is 1.00. The summed E-state index contributed by atoms with van der Waals surface area (Å²) in [4.78, 5) is 0. The van der Waals surface area contributed by atoms with Crippen LogP contribution in [0.5, 0.6) is 0 Å². The molecule has 4 aliphatic rings. The van der Waals surface area contributed by atoms with Crippen LogP contribution in [0, 0.1) is 40.4 Å². The summed E-state index contributed by atoms with van der Waals surface area (Å²) in [6, 6.07) is 0.625. The minimum atomic E-state index is -0.0233. The minimum Gasteiger partial charge on any atom is -0.393 e. The van der Waals surface area contributed by atoms with Gasteiger partial charge in [-0.3, -0.25) is 0 Å². The summed E-state index contributed by atoms with van der Waals surface area (Å²) in [6.45, 7) is 9.55. The van der Waals surface area contributed by atoms with Gasteiger partial charge in [-0.1, -0.05) is 13.8 Å². The van der Waals surface area contributed by atoms with E-state index in [2.05, 4.69) is 26.1 Å². The molecule has 4 fully saturated rings. The molecule has 0 spiro atoms. The first-order chi connectivity index (χ1) is 12.9. The fourth-order valence-electron chi connectivity index (χ4n) is 8.67. The Balaban J connectivity index is 0.00000150. The lowest BCUT2D eigenvalue weighted by Crippen LogP contribution is -2.55. The average Bonchev–Trinajstić information content (AvgIpc) is 3.00. The number of aliphatic hydroxyl groups excluding tert-OH is 1. The lowest BCUT2D eigenvalue weighted by Gasteiger charge is -2.61. The van der Waals surface area contributed by atoms with E-state index in [1.807, 2.05) is 0 Å². The van der Waals surface area contributed by atoms with Crippen LogP contribution < -0.4 is 11.1 Å². The Morgan fingerprint density at radius 1 is 0.966 bits per heavy atom. The molecule has 0 aromatic rings. The molecule has 0 radical (unpaired) electrons. The Kier molecular flexibility index (Phi) is 8.82. The molecule has 1 unspecified atom stereocenters. The molecule has 0 saturated heterocycles. The van der Waals surface area contributed by atoms with E-state index in [9.17, 15) is 5.11 Å². The molecule has 0 aliphatic heterocycles. The summed E-state index contributed by atoms with van der Waals surface area (Å²) in [6.07, 6.45) is 13.0. The normalized spacial score (nSPS) is 47.1. The quantitative estimate of drug-likeness (QED) is 0.507. The average molecular weight is 450 g/mol. The van der Waals surface area contributed by atoms with Gasteiger partial charge in [0.15, 0.2) is 0 Å². The number of rotatable bonds is 5. The molecule has 4 rings (SSSR count). The first kappa shape index (κ1) is 25.7. The van der Waals surface area contributed by atoms with Crippen molar-refractivity contribution in [2.24, 2.45) is 46.2 Å². The van der Waals surface area contributed by atoms with Gasteiger partial charge < -0.3 is 16.2 Å². The van der Waals surface area contributed by atoms with E-state index in [0.29, 0.717) is 16.9 Å². The Morgan fingerprint density at radius 2 is 1.66 bits per heavy atom. The molecular formula is C24H46Cl2N2O. The number of nitrogens with two attached hydrogens (primary N) is 1. The van der Waals surface area contributed by atoms with E-state index >= 15 is 0 Å². The fourth-order valence-corrected chi connectivity index (χ4v) is 8.67. The predicted octanol–water partition coefficient (Wildman–Crippen LogP) is 5.18. The molecule has 5 heteroatoms. The summed E-state index contributed by atoms with van der Waals surface area (Å²) in [5.74, 6) is 4.41. The van der Waals surface area contributed by atoms with Gasteiger partial charge in [-0.15, -0.1) is 24.8 Å². The van der Waals surface area contributed by atoms with Crippen molar-refractivity contribution in [2.45, 2.75) is 97.1 Å². The summed E-state index contributed by atoms with van der Waals surface area (Å²) >= 11 is 0. The highest BCUT2D eigenvalue weighted by atomic mass is 35.5. The molecule has 0 aromatic heterocycles. The molecule has 4 N–H and O–H groups in total. The Bertz CT molecular complexity index is 535. The minimum absolute atomic E-state index is 0. The van der Waals surface area contributed by atoms with Crippen LogP contribution in [-0.4, -0.2) is 30.3 Å². The first-order valence-corrected chi connectivity index (χ1v) is 12.0. The molecular weight excluding hydrogens is 403 g/mol. The molecule has 9 atom stereocenters. The van der Waals surface area contributed by atoms with E-state index in [-0.39, 0.29) is 30.9 Å². The van der Waals surface area contributed by atoms with E-state index in [1.165, 1.54) is 44.9 Å². The van der Waals surface area contributed by atoms with Crippen molar-refractivity contribution in [3.05, 3.63) is 0 Å². The highest BCUT2D eigenvalue weighted by Gasteiger charge is 2.60. The second kappa shape index (κ2) is 9.94. The van der Waals surface area contributed by atoms with Crippen molar-refractivity contribution in [1.29, 1.82) is 0 Å². The van der Waals surface area contributed by atoms with Gasteiger partial charge in [-0.2, -0.15) is 0 Å². The highest BCUT2D eigenvalue weighted by molar-refractivity contribution is 5.85. The molecule has 172 valence electrons. The smallest absolute Gasteiger partial charge is 0.0543 e. The Hall–Kier alpha value is 0.460. The molecule has 0 heterocycles. The zero-order valence-electron chi connectivity index (χ0n) is 18.9. The van der Waals surface area contributed by atoms with Crippen molar-refractivity contribution in [2.75, 3.05) is 13.1 Å². The van der Waals surface area contributed by atoms with Gasteiger partial charge in [0.2, 0.25) is 0 Å². The van der Waals surface area contributed by atoms with Gasteiger partial charge in [0.1, 0.15) is 0 Å². The zero-order chi connectivity index (χ0) is 19.2. The topological polar surface area (TPSA) is 58.3 Å². The number of fused-ring (bicyclic) bond motifs is 5. The largest absolute Gasteiger partial charge is 0.393 e. The van der Waals surface area contributed by atoms with Crippen molar-refractivity contribution < 1.29 is 5.11 Å². The van der Waals surface area contributed by atoms with Crippen molar-refractivity contribution in [3.8, 4) is 0 Å². The maximum atomic E-state index is 10.2. The summed E-state index contributed by atoms with van der Waals surface area (Å²) in [5, 5.41) is 14.0. The second-order valence-corrected chi connectivity index (χ2v) is 11.2. The highest BCUT2D eigenvalue weighted by Crippen LogP contribution is 2.67.